The van der Waals surface area contributed by atoms with E-state index in [2.05, 4.69) is 32.7 Å². The molecule has 40 heavy (non-hydrogen) atoms. The van der Waals surface area contributed by atoms with Crippen molar-refractivity contribution in [1.29, 1.82) is 0 Å². The number of sulfone groups is 1. The Balaban J connectivity index is 1.29. The first-order valence-electron chi connectivity index (χ1n) is 12.8. The van der Waals surface area contributed by atoms with Crippen molar-refractivity contribution >= 4 is 32.2 Å². The van der Waals surface area contributed by atoms with Crippen LogP contribution >= 0.6 is 0 Å². The van der Waals surface area contributed by atoms with Crippen molar-refractivity contribution in [3.8, 4) is 16.9 Å². The van der Waals surface area contributed by atoms with Gasteiger partial charge >= 0.3 is 0 Å². The number of nitrogens with zero attached hydrogens (tertiary/aromatic N) is 2. The van der Waals surface area contributed by atoms with Crippen LogP contribution in [0.2, 0.25) is 0 Å². The Bertz CT molecular complexity index is 1730. The maximum absolute atomic E-state index is 13.4. The molecule has 0 saturated heterocycles. The van der Waals surface area contributed by atoms with Gasteiger partial charge in [-0.05, 0) is 76.9 Å². The highest BCUT2D eigenvalue weighted by Crippen LogP contribution is 2.29. The van der Waals surface area contributed by atoms with Crippen LogP contribution in [-0.4, -0.2) is 36.9 Å². The van der Waals surface area contributed by atoms with Gasteiger partial charge in [0.2, 0.25) is 0 Å². The van der Waals surface area contributed by atoms with E-state index in [-0.39, 0.29) is 18.2 Å². The second kappa shape index (κ2) is 12.2. The van der Waals surface area contributed by atoms with E-state index in [0.29, 0.717) is 24.7 Å². The molecule has 1 heterocycles. The molecule has 204 valence electrons. The lowest BCUT2D eigenvalue weighted by atomic mass is 10.0. The SMILES string of the molecule is CS(=O)(=O)CCNCc1cccc(-c2ccc3ncnc(Nc4ccc(OCc5cccc(F)c5)cc4)c3c2)c1. The Morgan fingerprint density at radius 2 is 1.62 bits per heavy atom. The molecule has 0 saturated carbocycles. The fraction of sp³-hybridized carbons (Fsp3) is 0.161. The number of anilines is 2. The van der Waals surface area contributed by atoms with Crippen molar-refractivity contribution in [2.75, 3.05) is 23.9 Å². The third kappa shape index (κ3) is 7.40. The summed E-state index contributed by atoms with van der Waals surface area (Å²) in [5, 5.41) is 7.45. The molecular formula is C31H29FN4O3S. The summed E-state index contributed by atoms with van der Waals surface area (Å²) in [4.78, 5) is 8.90. The van der Waals surface area contributed by atoms with E-state index in [9.17, 15) is 12.8 Å². The molecule has 0 fully saturated rings. The molecule has 7 nitrogen and oxygen atoms in total. The first-order valence-corrected chi connectivity index (χ1v) is 14.9. The summed E-state index contributed by atoms with van der Waals surface area (Å²) in [5.41, 5.74) is 5.54. The minimum Gasteiger partial charge on any atom is -0.489 e. The smallest absolute Gasteiger partial charge is 0.148 e. The minimum atomic E-state index is -2.99. The fourth-order valence-corrected chi connectivity index (χ4v) is 4.77. The minimum absolute atomic E-state index is 0.109. The van der Waals surface area contributed by atoms with Crippen molar-refractivity contribution < 1.29 is 17.5 Å². The summed E-state index contributed by atoms with van der Waals surface area (Å²) < 4.78 is 41.9. The second-order valence-corrected chi connectivity index (χ2v) is 11.8. The highest BCUT2D eigenvalue weighted by molar-refractivity contribution is 7.90. The fourth-order valence-electron chi connectivity index (χ4n) is 4.25. The Hall–Kier alpha value is -4.34. The number of nitrogens with one attached hydrogen (secondary N) is 2. The Morgan fingerprint density at radius 1 is 0.850 bits per heavy atom. The molecule has 4 aromatic carbocycles. The molecule has 0 aliphatic heterocycles. The third-order valence-electron chi connectivity index (χ3n) is 6.29. The molecule has 5 rings (SSSR count). The van der Waals surface area contributed by atoms with Crippen LogP contribution in [0.3, 0.4) is 0 Å². The van der Waals surface area contributed by atoms with Crippen LogP contribution in [0.25, 0.3) is 22.0 Å². The van der Waals surface area contributed by atoms with E-state index in [1.54, 1.807) is 6.07 Å². The number of hydrogen-bond donors (Lipinski definition) is 2. The van der Waals surface area contributed by atoms with Crippen LogP contribution in [0, 0.1) is 5.82 Å². The molecule has 0 radical (unpaired) electrons. The summed E-state index contributed by atoms with van der Waals surface area (Å²) in [6.07, 6.45) is 2.77. The van der Waals surface area contributed by atoms with Gasteiger partial charge in [0.1, 0.15) is 40.2 Å². The van der Waals surface area contributed by atoms with Gasteiger partial charge in [0, 0.05) is 30.4 Å². The normalized spacial score (nSPS) is 11.4. The van der Waals surface area contributed by atoms with Crippen molar-refractivity contribution in [2.24, 2.45) is 0 Å². The van der Waals surface area contributed by atoms with Crippen LogP contribution in [0.15, 0.2) is 97.3 Å². The second-order valence-electron chi connectivity index (χ2n) is 9.53. The molecule has 0 bridgehead atoms. The number of aromatic nitrogens is 2. The van der Waals surface area contributed by atoms with Gasteiger partial charge in [-0.15, -0.1) is 0 Å². The molecule has 1 aromatic heterocycles. The van der Waals surface area contributed by atoms with Crippen molar-refractivity contribution in [3.63, 3.8) is 0 Å². The zero-order valence-corrected chi connectivity index (χ0v) is 22.8. The van der Waals surface area contributed by atoms with Crippen molar-refractivity contribution in [2.45, 2.75) is 13.2 Å². The molecule has 0 aliphatic rings. The average Bonchev–Trinajstić information content (AvgIpc) is 2.95. The zero-order chi connectivity index (χ0) is 28.0. The zero-order valence-electron chi connectivity index (χ0n) is 22.0. The standard InChI is InChI=1S/C31H29FN4O3S/c1-40(37,38)15-14-33-19-22-4-2-6-24(16-22)25-8-13-30-29(18-25)31(35-21-34-30)36-27-9-11-28(12-10-27)39-20-23-5-3-7-26(32)17-23/h2-13,16-18,21,33H,14-15,19-20H2,1H3,(H,34,35,36). The predicted octanol–water partition coefficient (Wildman–Crippen LogP) is 5.89. The summed E-state index contributed by atoms with van der Waals surface area (Å²) in [6, 6.07) is 28.1. The van der Waals surface area contributed by atoms with Gasteiger partial charge < -0.3 is 15.4 Å². The van der Waals surface area contributed by atoms with Gasteiger partial charge in [0.15, 0.2) is 0 Å². The lowest BCUT2D eigenvalue weighted by Crippen LogP contribution is -2.21. The maximum Gasteiger partial charge on any atom is 0.148 e. The van der Waals surface area contributed by atoms with Gasteiger partial charge in [-0.3, -0.25) is 0 Å². The number of rotatable bonds is 11. The largest absolute Gasteiger partial charge is 0.489 e. The number of halogens is 1. The van der Waals surface area contributed by atoms with E-state index in [1.165, 1.54) is 24.7 Å². The van der Waals surface area contributed by atoms with E-state index in [0.717, 1.165) is 38.8 Å². The molecule has 0 spiro atoms. The highest BCUT2D eigenvalue weighted by Gasteiger charge is 2.08. The molecule has 0 aliphatic carbocycles. The van der Waals surface area contributed by atoms with Gasteiger partial charge in [-0.25, -0.2) is 22.8 Å². The first kappa shape index (κ1) is 27.2. The van der Waals surface area contributed by atoms with Crippen LogP contribution < -0.4 is 15.4 Å². The van der Waals surface area contributed by atoms with Crippen molar-refractivity contribution in [3.05, 3.63) is 114 Å². The molecular weight excluding hydrogens is 527 g/mol. The molecule has 2 N–H and O–H groups in total. The number of fused-ring (bicyclic) bond motifs is 1. The summed E-state index contributed by atoms with van der Waals surface area (Å²) in [5.74, 6) is 1.18. The monoisotopic (exact) mass is 556 g/mol. The number of ether oxygens (including phenoxy) is 1. The van der Waals surface area contributed by atoms with Crippen LogP contribution in [-0.2, 0) is 23.0 Å². The molecule has 0 amide bonds. The third-order valence-corrected chi connectivity index (χ3v) is 7.23. The Kier molecular flexibility index (Phi) is 8.33. The Labute approximate surface area is 233 Å². The molecule has 5 aromatic rings. The predicted molar refractivity (Wildman–Crippen MR) is 157 cm³/mol. The lowest BCUT2D eigenvalue weighted by Gasteiger charge is -2.12. The Morgan fingerprint density at radius 3 is 2.42 bits per heavy atom. The van der Waals surface area contributed by atoms with Gasteiger partial charge in [0.25, 0.3) is 0 Å². The number of hydrogen-bond acceptors (Lipinski definition) is 7. The van der Waals surface area contributed by atoms with E-state index in [4.69, 9.17) is 4.74 Å². The van der Waals surface area contributed by atoms with Crippen LogP contribution in [0.4, 0.5) is 15.9 Å². The summed E-state index contributed by atoms with van der Waals surface area (Å²) >= 11 is 0. The molecule has 0 unspecified atom stereocenters. The van der Waals surface area contributed by atoms with Crippen LogP contribution in [0.5, 0.6) is 5.75 Å². The highest BCUT2D eigenvalue weighted by atomic mass is 32.2. The van der Waals surface area contributed by atoms with E-state index >= 15 is 0 Å². The quantitative estimate of drug-likeness (QED) is 0.196. The summed E-state index contributed by atoms with van der Waals surface area (Å²) in [6.45, 7) is 1.27. The van der Waals surface area contributed by atoms with E-state index in [1.807, 2.05) is 60.7 Å². The average molecular weight is 557 g/mol. The first-order chi connectivity index (χ1) is 19.3. The van der Waals surface area contributed by atoms with E-state index < -0.39 is 9.84 Å². The topological polar surface area (TPSA) is 93.2 Å². The van der Waals surface area contributed by atoms with Crippen molar-refractivity contribution in [1.82, 2.24) is 15.3 Å². The van der Waals surface area contributed by atoms with Crippen LogP contribution in [0.1, 0.15) is 11.1 Å². The van der Waals surface area contributed by atoms with Gasteiger partial charge in [0.05, 0.1) is 11.3 Å². The lowest BCUT2D eigenvalue weighted by molar-refractivity contribution is 0.305. The van der Waals surface area contributed by atoms with Gasteiger partial charge in [-0.2, -0.15) is 0 Å². The summed E-state index contributed by atoms with van der Waals surface area (Å²) in [7, 11) is -2.99. The molecule has 9 heteroatoms. The van der Waals surface area contributed by atoms with Gasteiger partial charge in [-0.1, -0.05) is 36.4 Å². The number of benzene rings is 4. The molecule has 0 atom stereocenters. The maximum atomic E-state index is 13.4.